The van der Waals surface area contributed by atoms with Gasteiger partial charge in [0.25, 0.3) is 0 Å². The predicted octanol–water partition coefficient (Wildman–Crippen LogP) is 3.48. The molecule has 5 nitrogen and oxygen atoms in total. The summed E-state index contributed by atoms with van der Waals surface area (Å²) >= 11 is 0. The predicted molar refractivity (Wildman–Crippen MR) is 85.0 cm³/mol. The van der Waals surface area contributed by atoms with Crippen LogP contribution in [0.3, 0.4) is 0 Å². The van der Waals surface area contributed by atoms with E-state index in [-0.39, 0.29) is 11.4 Å². The molecule has 0 saturated heterocycles. The van der Waals surface area contributed by atoms with Gasteiger partial charge in [0.05, 0.1) is 17.6 Å². The summed E-state index contributed by atoms with van der Waals surface area (Å²) in [5.41, 5.74) is 2.16. The average molecular weight is 311 g/mol. The van der Waals surface area contributed by atoms with E-state index >= 15 is 0 Å². The molecule has 1 heterocycles. The molecule has 2 aromatic carbocycles. The van der Waals surface area contributed by atoms with Crippen LogP contribution in [0.2, 0.25) is 0 Å². The van der Waals surface area contributed by atoms with E-state index in [1.165, 1.54) is 12.1 Å². The lowest BCUT2D eigenvalue weighted by atomic mass is 10.1. The van der Waals surface area contributed by atoms with E-state index in [0.717, 1.165) is 5.69 Å². The molecule has 116 valence electrons. The van der Waals surface area contributed by atoms with Gasteiger partial charge in [0.2, 0.25) is 0 Å². The minimum absolute atomic E-state index is 0.167. The molecule has 1 aromatic heterocycles. The van der Waals surface area contributed by atoms with E-state index in [4.69, 9.17) is 0 Å². The van der Waals surface area contributed by atoms with E-state index < -0.39 is 5.97 Å². The summed E-state index contributed by atoms with van der Waals surface area (Å²) in [5, 5.41) is 9.42. The van der Waals surface area contributed by atoms with Crippen LogP contribution < -0.4 is 4.90 Å². The van der Waals surface area contributed by atoms with E-state index in [2.05, 4.69) is 4.98 Å². The SMILES string of the molecule is CN(c1ccc(F)cc1)c1cc(-n2ccnc2)ccc1C(=O)O. The van der Waals surface area contributed by atoms with Gasteiger partial charge in [-0.3, -0.25) is 0 Å². The summed E-state index contributed by atoms with van der Waals surface area (Å²) in [5.74, 6) is -1.36. The zero-order valence-corrected chi connectivity index (χ0v) is 12.3. The van der Waals surface area contributed by atoms with Crippen molar-refractivity contribution in [1.82, 2.24) is 9.55 Å². The van der Waals surface area contributed by atoms with Crippen LogP contribution in [0.5, 0.6) is 0 Å². The maximum Gasteiger partial charge on any atom is 0.337 e. The Bertz CT molecular complexity index is 830. The fourth-order valence-corrected chi connectivity index (χ4v) is 2.35. The van der Waals surface area contributed by atoms with Gasteiger partial charge in [-0.25, -0.2) is 14.2 Å². The third kappa shape index (κ3) is 2.91. The topological polar surface area (TPSA) is 58.4 Å². The van der Waals surface area contributed by atoms with Gasteiger partial charge in [0.15, 0.2) is 0 Å². The fourth-order valence-electron chi connectivity index (χ4n) is 2.35. The number of aromatic nitrogens is 2. The summed E-state index contributed by atoms with van der Waals surface area (Å²) in [6.45, 7) is 0. The number of nitrogens with zero attached hydrogens (tertiary/aromatic N) is 3. The Morgan fingerprint density at radius 1 is 1.22 bits per heavy atom. The number of hydrogen-bond acceptors (Lipinski definition) is 3. The molecule has 1 N–H and O–H groups in total. The largest absolute Gasteiger partial charge is 0.478 e. The number of aromatic carboxylic acids is 1. The molecular weight excluding hydrogens is 297 g/mol. The lowest BCUT2D eigenvalue weighted by Crippen LogP contribution is -2.14. The Morgan fingerprint density at radius 3 is 2.57 bits per heavy atom. The number of hydrogen-bond donors (Lipinski definition) is 1. The summed E-state index contributed by atoms with van der Waals surface area (Å²) in [6, 6.07) is 10.9. The molecule has 0 radical (unpaired) electrons. The van der Waals surface area contributed by atoms with Crippen LogP contribution in [0.1, 0.15) is 10.4 Å². The second kappa shape index (κ2) is 5.92. The van der Waals surface area contributed by atoms with Crippen molar-refractivity contribution in [2.45, 2.75) is 0 Å². The molecule has 0 spiro atoms. The van der Waals surface area contributed by atoms with Crippen molar-refractivity contribution in [3.63, 3.8) is 0 Å². The normalized spacial score (nSPS) is 10.5. The second-order valence-corrected chi connectivity index (χ2v) is 5.01. The molecular formula is C17H14FN3O2. The zero-order chi connectivity index (χ0) is 16.4. The van der Waals surface area contributed by atoms with Gasteiger partial charge in [0.1, 0.15) is 5.82 Å². The Morgan fingerprint density at radius 2 is 1.96 bits per heavy atom. The number of anilines is 2. The van der Waals surface area contributed by atoms with Gasteiger partial charge < -0.3 is 14.6 Å². The molecule has 0 atom stereocenters. The van der Waals surface area contributed by atoms with Crippen LogP contribution in [0, 0.1) is 5.82 Å². The van der Waals surface area contributed by atoms with Gasteiger partial charge >= 0.3 is 5.97 Å². The molecule has 0 fully saturated rings. The van der Waals surface area contributed by atoms with Crippen LogP contribution in [0.15, 0.2) is 61.2 Å². The third-order valence-electron chi connectivity index (χ3n) is 3.59. The Labute approximate surface area is 132 Å². The highest BCUT2D eigenvalue weighted by Crippen LogP contribution is 2.29. The van der Waals surface area contributed by atoms with Crippen LogP contribution in [0.4, 0.5) is 15.8 Å². The van der Waals surface area contributed by atoms with E-state index in [0.29, 0.717) is 11.4 Å². The van der Waals surface area contributed by atoms with E-state index in [9.17, 15) is 14.3 Å². The van der Waals surface area contributed by atoms with Gasteiger partial charge in [-0.15, -0.1) is 0 Å². The number of halogens is 1. The van der Waals surface area contributed by atoms with Crippen molar-refractivity contribution in [2.75, 3.05) is 11.9 Å². The number of rotatable bonds is 4. The monoisotopic (exact) mass is 311 g/mol. The van der Waals surface area contributed by atoms with Crippen LogP contribution in [0.25, 0.3) is 5.69 Å². The van der Waals surface area contributed by atoms with E-state index in [1.54, 1.807) is 65.6 Å². The molecule has 0 aliphatic rings. The Kier molecular flexibility index (Phi) is 3.80. The summed E-state index contributed by atoms with van der Waals surface area (Å²) in [4.78, 5) is 17.2. The molecule has 6 heteroatoms. The van der Waals surface area contributed by atoms with Crippen molar-refractivity contribution in [3.05, 3.63) is 72.6 Å². The first-order valence-electron chi connectivity index (χ1n) is 6.91. The first kappa shape index (κ1) is 14.8. The summed E-state index contributed by atoms with van der Waals surface area (Å²) in [6.07, 6.45) is 5.06. The minimum atomic E-state index is -1.02. The second-order valence-electron chi connectivity index (χ2n) is 5.01. The van der Waals surface area contributed by atoms with Gasteiger partial charge in [-0.2, -0.15) is 0 Å². The highest BCUT2D eigenvalue weighted by molar-refractivity contribution is 5.96. The number of imidazole rings is 1. The van der Waals surface area contributed by atoms with Crippen LogP contribution in [-0.4, -0.2) is 27.7 Å². The number of carboxylic acid groups (broad SMARTS) is 1. The van der Waals surface area contributed by atoms with Crippen molar-refractivity contribution < 1.29 is 14.3 Å². The Hall–Kier alpha value is -3.15. The molecule has 3 rings (SSSR count). The Balaban J connectivity index is 2.09. The maximum absolute atomic E-state index is 13.1. The lowest BCUT2D eigenvalue weighted by molar-refractivity contribution is 0.0697. The molecule has 0 amide bonds. The quantitative estimate of drug-likeness (QED) is 0.801. The van der Waals surface area contributed by atoms with Gasteiger partial charge in [-0.05, 0) is 42.5 Å². The first-order chi connectivity index (χ1) is 11.1. The standard InChI is InChI=1S/C17H14FN3O2/c1-20(13-4-2-12(18)3-5-13)16-10-14(21-9-8-19-11-21)6-7-15(16)17(22)23/h2-11H,1H3,(H,22,23). The van der Waals surface area contributed by atoms with Crippen molar-refractivity contribution in [3.8, 4) is 5.69 Å². The van der Waals surface area contributed by atoms with Crippen molar-refractivity contribution >= 4 is 17.3 Å². The summed E-state index contributed by atoms with van der Waals surface area (Å²) < 4.78 is 14.9. The highest BCUT2D eigenvalue weighted by atomic mass is 19.1. The smallest absolute Gasteiger partial charge is 0.337 e. The highest BCUT2D eigenvalue weighted by Gasteiger charge is 2.16. The average Bonchev–Trinajstić information content (AvgIpc) is 3.08. The van der Waals surface area contributed by atoms with E-state index in [1.807, 2.05) is 0 Å². The number of carbonyl (C=O) groups is 1. The molecule has 0 saturated carbocycles. The summed E-state index contributed by atoms with van der Waals surface area (Å²) in [7, 11) is 1.74. The van der Waals surface area contributed by atoms with Gasteiger partial charge in [-0.1, -0.05) is 0 Å². The van der Waals surface area contributed by atoms with Crippen LogP contribution >= 0.6 is 0 Å². The zero-order valence-electron chi connectivity index (χ0n) is 12.3. The minimum Gasteiger partial charge on any atom is -0.478 e. The third-order valence-corrected chi connectivity index (χ3v) is 3.59. The molecule has 0 unspecified atom stereocenters. The van der Waals surface area contributed by atoms with Crippen molar-refractivity contribution in [1.29, 1.82) is 0 Å². The molecule has 3 aromatic rings. The molecule has 23 heavy (non-hydrogen) atoms. The first-order valence-corrected chi connectivity index (χ1v) is 6.91. The maximum atomic E-state index is 13.1. The van der Waals surface area contributed by atoms with Gasteiger partial charge in [0, 0.05) is 30.8 Å². The fraction of sp³-hybridized carbons (Fsp3) is 0.0588. The lowest BCUT2D eigenvalue weighted by Gasteiger charge is -2.22. The number of benzene rings is 2. The molecule has 0 bridgehead atoms. The molecule has 0 aliphatic heterocycles. The van der Waals surface area contributed by atoms with Crippen molar-refractivity contribution in [2.24, 2.45) is 0 Å². The van der Waals surface area contributed by atoms with Crippen LogP contribution in [-0.2, 0) is 0 Å². The molecule has 0 aliphatic carbocycles. The number of carboxylic acids is 1.